The van der Waals surface area contributed by atoms with Crippen LogP contribution in [0.25, 0.3) is 0 Å². The summed E-state index contributed by atoms with van der Waals surface area (Å²) >= 11 is 0. The summed E-state index contributed by atoms with van der Waals surface area (Å²) in [7, 11) is 3.80. The van der Waals surface area contributed by atoms with E-state index in [0.29, 0.717) is 12.1 Å². The van der Waals surface area contributed by atoms with E-state index < -0.39 is 0 Å². The first kappa shape index (κ1) is 15.5. The topological polar surface area (TPSA) is 39.1 Å². The Balaban J connectivity index is 1.94. The second kappa shape index (κ2) is 6.72. The van der Waals surface area contributed by atoms with E-state index in [4.69, 9.17) is 9.84 Å². The molecule has 4 nitrogen and oxygen atoms in total. The van der Waals surface area contributed by atoms with Gasteiger partial charge in [-0.1, -0.05) is 12.8 Å². The van der Waals surface area contributed by atoms with Gasteiger partial charge in [-0.05, 0) is 46.2 Å². The molecule has 1 aromatic rings. The highest BCUT2D eigenvalue weighted by Gasteiger charge is 2.23. The summed E-state index contributed by atoms with van der Waals surface area (Å²) in [6.07, 6.45) is 9.36. The number of methoxy groups -OCH3 is 1. The van der Waals surface area contributed by atoms with Crippen LogP contribution in [0.1, 0.15) is 57.7 Å². The molecule has 0 saturated heterocycles. The molecule has 1 saturated carbocycles. The molecule has 114 valence electrons. The van der Waals surface area contributed by atoms with Crippen LogP contribution >= 0.6 is 0 Å². The van der Waals surface area contributed by atoms with Crippen LogP contribution in [0.3, 0.4) is 0 Å². The summed E-state index contributed by atoms with van der Waals surface area (Å²) in [5.74, 6) is 0. The first-order valence-corrected chi connectivity index (χ1v) is 7.80. The molecule has 0 bridgehead atoms. The van der Waals surface area contributed by atoms with Gasteiger partial charge in [0.15, 0.2) is 0 Å². The van der Waals surface area contributed by atoms with Crippen molar-refractivity contribution in [2.45, 2.75) is 70.1 Å². The molecule has 1 aromatic heterocycles. The van der Waals surface area contributed by atoms with Crippen molar-refractivity contribution in [3.8, 4) is 0 Å². The lowest BCUT2D eigenvalue weighted by molar-refractivity contribution is 0.00765. The maximum atomic E-state index is 5.53. The van der Waals surface area contributed by atoms with E-state index in [1.165, 1.54) is 31.4 Å². The molecule has 1 atom stereocenters. The Morgan fingerprint density at radius 1 is 1.45 bits per heavy atom. The van der Waals surface area contributed by atoms with Crippen LogP contribution in [0, 0.1) is 0 Å². The summed E-state index contributed by atoms with van der Waals surface area (Å²) in [6.45, 7) is 4.27. The predicted molar refractivity (Wildman–Crippen MR) is 82.0 cm³/mol. The van der Waals surface area contributed by atoms with E-state index in [1.54, 1.807) is 7.11 Å². The summed E-state index contributed by atoms with van der Waals surface area (Å²) in [5, 5.41) is 8.16. The van der Waals surface area contributed by atoms with Crippen molar-refractivity contribution in [3.05, 3.63) is 18.0 Å². The zero-order valence-electron chi connectivity index (χ0n) is 13.4. The fraction of sp³-hybridized carbons (Fsp3) is 0.812. The van der Waals surface area contributed by atoms with E-state index >= 15 is 0 Å². The van der Waals surface area contributed by atoms with Gasteiger partial charge in [0.05, 0.1) is 17.3 Å². The van der Waals surface area contributed by atoms with Crippen LogP contribution in [0.15, 0.2) is 12.3 Å². The third-order valence-corrected chi connectivity index (χ3v) is 4.52. The molecule has 1 fully saturated rings. The number of aromatic nitrogens is 2. The van der Waals surface area contributed by atoms with Gasteiger partial charge >= 0.3 is 0 Å². The Kier molecular flexibility index (Phi) is 5.22. The summed E-state index contributed by atoms with van der Waals surface area (Å²) < 4.78 is 7.71. The number of hydrogen-bond acceptors (Lipinski definition) is 3. The monoisotopic (exact) mass is 279 g/mol. The van der Waals surface area contributed by atoms with Gasteiger partial charge in [-0.25, -0.2) is 0 Å². The fourth-order valence-electron chi connectivity index (χ4n) is 3.06. The molecular formula is C16H29N3O. The fourth-order valence-corrected chi connectivity index (χ4v) is 3.06. The Hall–Kier alpha value is -0.870. The Morgan fingerprint density at radius 2 is 2.15 bits per heavy atom. The molecule has 1 heterocycles. The highest BCUT2D eigenvalue weighted by atomic mass is 16.5. The molecule has 0 radical (unpaired) electrons. The Bertz CT molecular complexity index is 408. The van der Waals surface area contributed by atoms with Crippen molar-refractivity contribution in [2.24, 2.45) is 0 Å². The van der Waals surface area contributed by atoms with Crippen molar-refractivity contribution in [1.29, 1.82) is 0 Å². The molecule has 1 N–H and O–H groups in total. The van der Waals surface area contributed by atoms with Gasteiger partial charge in [-0.2, -0.15) is 5.10 Å². The number of hydrogen-bond donors (Lipinski definition) is 1. The van der Waals surface area contributed by atoms with Gasteiger partial charge < -0.3 is 10.1 Å². The largest absolute Gasteiger partial charge is 0.379 e. The van der Waals surface area contributed by atoms with E-state index in [2.05, 4.69) is 36.1 Å². The molecule has 4 heteroatoms. The molecule has 1 aliphatic carbocycles. The van der Waals surface area contributed by atoms with Crippen LogP contribution in [0.2, 0.25) is 0 Å². The first-order valence-electron chi connectivity index (χ1n) is 7.80. The van der Waals surface area contributed by atoms with Crippen LogP contribution in [-0.4, -0.2) is 35.6 Å². The van der Waals surface area contributed by atoms with Crippen molar-refractivity contribution in [3.63, 3.8) is 0 Å². The van der Waals surface area contributed by atoms with Gasteiger partial charge in [-0.3, -0.25) is 4.68 Å². The SMILES string of the molecule is CNC(Cc1ccn(C2CCCC2)n1)CC(C)(C)OC. The Labute approximate surface area is 122 Å². The molecule has 0 amide bonds. The van der Waals surface area contributed by atoms with E-state index in [0.717, 1.165) is 12.8 Å². The van der Waals surface area contributed by atoms with Gasteiger partial charge in [-0.15, -0.1) is 0 Å². The highest BCUT2D eigenvalue weighted by Crippen LogP contribution is 2.28. The van der Waals surface area contributed by atoms with Gasteiger partial charge in [0.25, 0.3) is 0 Å². The van der Waals surface area contributed by atoms with Crippen molar-refractivity contribution in [2.75, 3.05) is 14.2 Å². The van der Waals surface area contributed by atoms with Crippen LogP contribution in [0.4, 0.5) is 0 Å². The van der Waals surface area contributed by atoms with E-state index in [1.807, 2.05) is 7.05 Å². The van der Waals surface area contributed by atoms with Crippen molar-refractivity contribution >= 4 is 0 Å². The zero-order chi connectivity index (χ0) is 14.6. The summed E-state index contributed by atoms with van der Waals surface area (Å²) in [4.78, 5) is 0. The normalized spacial score (nSPS) is 18.6. The second-order valence-corrected chi connectivity index (χ2v) is 6.58. The lowest BCUT2D eigenvalue weighted by atomic mass is 9.96. The minimum Gasteiger partial charge on any atom is -0.379 e. The summed E-state index contributed by atoms with van der Waals surface area (Å²) in [6, 6.07) is 3.20. The lowest BCUT2D eigenvalue weighted by Gasteiger charge is -2.28. The minimum absolute atomic E-state index is 0.0955. The van der Waals surface area contributed by atoms with Crippen LogP contribution in [-0.2, 0) is 11.2 Å². The number of ether oxygens (including phenoxy) is 1. The molecule has 20 heavy (non-hydrogen) atoms. The number of nitrogens with zero attached hydrogens (tertiary/aromatic N) is 2. The Morgan fingerprint density at radius 3 is 2.75 bits per heavy atom. The van der Waals surface area contributed by atoms with Crippen molar-refractivity contribution in [1.82, 2.24) is 15.1 Å². The standard InChI is InChI=1S/C16H29N3O/c1-16(2,20-4)12-14(17-3)11-13-9-10-19(18-13)15-7-5-6-8-15/h9-10,14-15,17H,5-8,11-12H2,1-4H3. The van der Waals surface area contributed by atoms with Gasteiger partial charge in [0.1, 0.15) is 0 Å². The number of likely N-dealkylation sites (N-methyl/N-ethyl adjacent to an activating group) is 1. The maximum Gasteiger partial charge on any atom is 0.0640 e. The lowest BCUT2D eigenvalue weighted by Crippen LogP contribution is -2.37. The molecule has 1 unspecified atom stereocenters. The van der Waals surface area contributed by atoms with E-state index in [9.17, 15) is 0 Å². The molecular weight excluding hydrogens is 250 g/mol. The summed E-state index contributed by atoms with van der Waals surface area (Å²) in [5.41, 5.74) is 1.09. The molecule has 0 aliphatic heterocycles. The molecule has 0 aromatic carbocycles. The number of rotatable bonds is 7. The minimum atomic E-state index is -0.0955. The third kappa shape index (κ3) is 4.06. The van der Waals surface area contributed by atoms with Gasteiger partial charge in [0.2, 0.25) is 0 Å². The molecule has 0 spiro atoms. The molecule has 1 aliphatic rings. The van der Waals surface area contributed by atoms with E-state index in [-0.39, 0.29) is 5.60 Å². The maximum absolute atomic E-state index is 5.53. The van der Waals surface area contributed by atoms with Crippen LogP contribution in [0.5, 0.6) is 0 Å². The zero-order valence-corrected chi connectivity index (χ0v) is 13.4. The van der Waals surface area contributed by atoms with Crippen LogP contribution < -0.4 is 5.32 Å². The predicted octanol–water partition coefficient (Wildman–Crippen LogP) is 2.94. The highest BCUT2D eigenvalue weighted by molar-refractivity contribution is 5.03. The van der Waals surface area contributed by atoms with Gasteiger partial charge in [0, 0.05) is 25.8 Å². The third-order valence-electron chi connectivity index (χ3n) is 4.52. The van der Waals surface area contributed by atoms with Crippen molar-refractivity contribution < 1.29 is 4.74 Å². The average molecular weight is 279 g/mol. The number of nitrogens with one attached hydrogen (secondary N) is 1. The smallest absolute Gasteiger partial charge is 0.0640 e. The molecule has 2 rings (SSSR count). The quantitative estimate of drug-likeness (QED) is 0.834. The first-order chi connectivity index (χ1) is 9.54. The second-order valence-electron chi connectivity index (χ2n) is 6.58. The average Bonchev–Trinajstić information content (AvgIpc) is 3.08.